The van der Waals surface area contributed by atoms with Gasteiger partial charge in [0.1, 0.15) is 5.82 Å². The van der Waals surface area contributed by atoms with Crippen LogP contribution in [0.3, 0.4) is 0 Å². The standard InChI is InChI=1S/C19H16F6N6O2/c1-8(10-4-3-9(18(20,21)22)5-12(10)19(23,24)25)31(2)17(33)16(32)29-13-7-27-15(26)11-6-28-30-14(11)13/h3-8H,1-2H3,(H2,26,27)(H,28,30)(H,29,32)/t8-/m1/s1. The lowest BCUT2D eigenvalue weighted by Crippen LogP contribution is -2.39. The van der Waals surface area contributed by atoms with Crippen LogP contribution < -0.4 is 11.1 Å². The summed E-state index contributed by atoms with van der Waals surface area (Å²) in [6, 6.07) is -0.303. The summed E-state index contributed by atoms with van der Waals surface area (Å²) in [5.74, 6) is -2.34. The molecule has 0 aliphatic carbocycles. The average molecular weight is 474 g/mol. The van der Waals surface area contributed by atoms with Crippen molar-refractivity contribution in [1.82, 2.24) is 20.1 Å². The number of carbonyl (C=O) groups excluding carboxylic acids is 2. The van der Waals surface area contributed by atoms with Crippen LogP contribution in [0.5, 0.6) is 0 Å². The van der Waals surface area contributed by atoms with Crippen molar-refractivity contribution in [2.75, 3.05) is 18.1 Å². The second-order valence-electron chi connectivity index (χ2n) is 7.06. The summed E-state index contributed by atoms with van der Waals surface area (Å²) in [6.45, 7) is 1.15. The van der Waals surface area contributed by atoms with Gasteiger partial charge in [-0.2, -0.15) is 31.4 Å². The average Bonchev–Trinajstić information content (AvgIpc) is 3.23. The summed E-state index contributed by atoms with van der Waals surface area (Å²) >= 11 is 0. The van der Waals surface area contributed by atoms with Gasteiger partial charge in [-0.15, -0.1) is 0 Å². The Balaban J connectivity index is 1.87. The van der Waals surface area contributed by atoms with E-state index in [-0.39, 0.29) is 23.1 Å². The number of amides is 2. The Morgan fingerprint density at radius 3 is 2.39 bits per heavy atom. The van der Waals surface area contributed by atoms with E-state index in [9.17, 15) is 35.9 Å². The molecule has 0 fully saturated rings. The molecule has 0 unspecified atom stereocenters. The zero-order valence-corrected chi connectivity index (χ0v) is 17.0. The topological polar surface area (TPSA) is 117 Å². The van der Waals surface area contributed by atoms with E-state index in [0.29, 0.717) is 22.4 Å². The first-order valence-corrected chi connectivity index (χ1v) is 9.15. The molecule has 0 aliphatic rings. The molecular weight excluding hydrogens is 458 g/mol. The zero-order chi connectivity index (χ0) is 24.7. The van der Waals surface area contributed by atoms with Crippen LogP contribution in [0.2, 0.25) is 0 Å². The van der Waals surface area contributed by atoms with Gasteiger partial charge in [0.2, 0.25) is 0 Å². The number of nitrogen functional groups attached to an aromatic ring is 1. The van der Waals surface area contributed by atoms with Gasteiger partial charge >= 0.3 is 24.2 Å². The number of nitrogens with zero attached hydrogens (tertiary/aromatic N) is 3. The van der Waals surface area contributed by atoms with Gasteiger partial charge in [0.05, 0.1) is 46.2 Å². The normalized spacial score (nSPS) is 13.1. The number of anilines is 2. The number of aromatic amines is 1. The molecule has 3 aromatic rings. The summed E-state index contributed by atoms with van der Waals surface area (Å²) in [6.07, 6.45) is -7.62. The summed E-state index contributed by atoms with van der Waals surface area (Å²) in [4.78, 5) is 29.5. The third-order valence-corrected chi connectivity index (χ3v) is 5.00. The van der Waals surface area contributed by atoms with E-state index < -0.39 is 46.9 Å². The fourth-order valence-electron chi connectivity index (χ4n) is 3.11. The molecule has 2 aromatic heterocycles. The van der Waals surface area contributed by atoms with Gasteiger partial charge in [0.15, 0.2) is 0 Å². The molecule has 8 nitrogen and oxygen atoms in total. The number of nitrogens with one attached hydrogen (secondary N) is 2. The lowest BCUT2D eigenvalue weighted by atomic mass is 9.97. The molecule has 0 spiro atoms. The highest BCUT2D eigenvalue weighted by atomic mass is 19.4. The second kappa shape index (κ2) is 8.26. The Kier molecular flexibility index (Phi) is 5.96. The highest BCUT2D eigenvalue weighted by Gasteiger charge is 2.40. The number of hydrogen-bond donors (Lipinski definition) is 3. The summed E-state index contributed by atoms with van der Waals surface area (Å²) in [5.41, 5.74) is 2.33. The predicted molar refractivity (Wildman–Crippen MR) is 105 cm³/mol. The number of carbonyl (C=O) groups is 2. The smallest absolute Gasteiger partial charge is 0.383 e. The van der Waals surface area contributed by atoms with Crippen LogP contribution in [0, 0.1) is 0 Å². The van der Waals surface area contributed by atoms with Crippen molar-refractivity contribution in [2.45, 2.75) is 25.3 Å². The number of rotatable bonds is 3. The Bertz CT molecular complexity index is 1220. The number of hydrogen-bond acceptors (Lipinski definition) is 5. The minimum absolute atomic E-state index is 0.0285. The number of fused-ring (bicyclic) bond motifs is 1. The largest absolute Gasteiger partial charge is 0.416 e. The molecule has 2 heterocycles. The SMILES string of the molecule is C[C@H](c1ccc(C(F)(F)F)cc1C(F)(F)F)N(C)C(=O)C(=O)Nc1cnc(N)c2cn[nH]c12. The fourth-order valence-corrected chi connectivity index (χ4v) is 3.11. The third kappa shape index (κ3) is 4.68. The minimum atomic E-state index is -5.13. The van der Waals surface area contributed by atoms with Crippen LogP contribution >= 0.6 is 0 Å². The summed E-state index contributed by atoms with van der Waals surface area (Å²) < 4.78 is 79.1. The van der Waals surface area contributed by atoms with Gasteiger partial charge in [-0.05, 0) is 24.6 Å². The number of halogens is 6. The lowest BCUT2D eigenvalue weighted by molar-refractivity contribution is -0.146. The number of benzene rings is 1. The van der Waals surface area contributed by atoms with Crippen molar-refractivity contribution in [3.63, 3.8) is 0 Å². The van der Waals surface area contributed by atoms with Crippen LogP contribution in [-0.4, -0.2) is 38.9 Å². The molecule has 0 bridgehead atoms. The Labute approximate surface area is 181 Å². The highest BCUT2D eigenvalue weighted by molar-refractivity contribution is 6.40. The third-order valence-electron chi connectivity index (χ3n) is 5.00. The van der Waals surface area contributed by atoms with Crippen molar-refractivity contribution in [3.8, 4) is 0 Å². The van der Waals surface area contributed by atoms with Crippen LogP contribution in [0.1, 0.15) is 29.7 Å². The van der Waals surface area contributed by atoms with Crippen LogP contribution in [0.15, 0.2) is 30.6 Å². The Morgan fingerprint density at radius 1 is 1.12 bits per heavy atom. The van der Waals surface area contributed by atoms with E-state index in [1.165, 1.54) is 6.20 Å². The van der Waals surface area contributed by atoms with E-state index in [1.54, 1.807) is 0 Å². The molecule has 2 amide bonds. The first kappa shape index (κ1) is 23.8. The maximum absolute atomic E-state index is 13.5. The van der Waals surface area contributed by atoms with E-state index in [4.69, 9.17) is 5.73 Å². The van der Waals surface area contributed by atoms with E-state index in [0.717, 1.165) is 20.2 Å². The van der Waals surface area contributed by atoms with Crippen molar-refractivity contribution >= 4 is 34.2 Å². The molecule has 33 heavy (non-hydrogen) atoms. The van der Waals surface area contributed by atoms with Crippen molar-refractivity contribution in [2.24, 2.45) is 0 Å². The Morgan fingerprint density at radius 2 is 1.79 bits per heavy atom. The molecule has 0 saturated heterocycles. The first-order chi connectivity index (χ1) is 15.2. The van der Waals surface area contributed by atoms with Crippen molar-refractivity contribution < 1.29 is 35.9 Å². The maximum Gasteiger partial charge on any atom is 0.416 e. The number of H-pyrrole nitrogens is 1. The molecule has 3 rings (SSSR count). The molecule has 4 N–H and O–H groups in total. The number of aromatic nitrogens is 3. The van der Waals surface area contributed by atoms with Crippen LogP contribution in [0.4, 0.5) is 37.8 Å². The quantitative estimate of drug-likeness (QED) is 0.395. The van der Waals surface area contributed by atoms with Gasteiger partial charge < -0.3 is 16.0 Å². The van der Waals surface area contributed by atoms with Gasteiger partial charge in [0.25, 0.3) is 0 Å². The number of likely N-dealkylation sites (N-methyl/N-ethyl adjacent to an activating group) is 1. The van der Waals surface area contributed by atoms with Crippen LogP contribution in [0.25, 0.3) is 10.9 Å². The van der Waals surface area contributed by atoms with E-state index >= 15 is 0 Å². The molecule has 1 aromatic carbocycles. The van der Waals surface area contributed by atoms with Crippen molar-refractivity contribution in [3.05, 3.63) is 47.3 Å². The molecule has 0 aliphatic heterocycles. The van der Waals surface area contributed by atoms with Crippen LogP contribution in [-0.2, 0) is 21.9 Å². The molecule has 14 heteroatoms. The molecular formula is C19H16F6N6O2. The fraction of sp³-hybridized carbons (Fsp3) is 0.263. The second-order valence-corrected chi connectivity index (χ2v) is 7.06. The number of alkyl halides is 6. The van der Waals surface area contributed by atoms with E-state index in [2.05, 4.69) is 20.5 Å². The van der Waals surface area contributed by atoms with Gasteiger partial charge in [0, 0.05) is 7.05 Å². The molecule has 0 saturated carbocycles. The predicted octanol–water partition coefficient (Wildman–Crippen LogP) is 3.74. The monoisotopic (exact) mass is 474 g/mol. The molecule has 0 radical (unpaired) electrons. The Hall–Kier alpha value is -3.84. The first-order valence-electron chi connectivity index (χ1n) is 9.15. The van der Waals surface area contributed by atoms with Crippen molar-refractivity contribution in [1.29, 1.82) is 0 Å². The lowest BCUT2D eigenvalue weighted by Gasteiger charge is -2.27. The minimum Gasteiger partial charge on any atom is -0.383 e. The highest BCUT2D eigenvalue weighted by Crippen LogP contribution is 2.40. The van der Waals surface area contributed by atoms with Gasteiger partial charge in [-0.1, -0.05) is 6.07 Å². The molecule has 176 valence electrons. The number of pyridine rings is 1. The number of nitrogens with two attached hydrogens (primary N) is 1. The summed E-state index contributed by atoms with van der Waals surface area (Å²) in [5, 5.41) is 8.95. The van der Waals surface area contributed by atoms with Gasteiger partial charge in [-0.3, -0.25) is 14.7 Å². The molecule has 1 atom stereocenters. The maximum atomic E-state index is 13.5. The zero-order valence-electron chi connectivity index (χ0n) is 17.0. The summed E-state index contributed by atoms with van der Waals surface area (Å²) in [7, 11) is 1.05. The van der Waals surface area contributed by atoms with E-state index in [1.807, 2.05) is 0 Å². The van der Waals surface area contributed by atoms with Gasteiger partial charge in [-0.25, -0.2) is 4.98 Å².